The van der Waals surface area contributed by atoms with Gasteiger partial charge in [0.1, 0.15) is 0 Å². The van der Waals surface area contributed by atoms with Gasteiger partial charge >= 0.3 is 0 Å². The van der Waals surface area contributed by atoms with Crippen molar-refractivity contribution in [2.45, 2.75) is 38.1 Å². The number of amides is 1. The van der Waals surface area contributed by atoms with Gasteiger partial charge in [-0.1, -0.05) is 6.42 Å². The lowest BCUT2D eigenvalue weighted by Gasteiger charge is -2.43. The quantitative estimate of drug-likeness (QED) is 0.776. The summed E-state index contributed by atoms with van der Waals surface area (Å²) in [5.74, 6) is 1.32. The maximum Gasteiger partial charge on any atom is 0.227 e. The maximum atomic E-state index is 12.2. The minimum absolute atomic E-state index is 0. The highest BCUT2D eigenvalue weighted by atomic mass is 35.5. The lowest BCUT2D eigenvalue weighted by Crippen LogP contribution is -2.48. The van der Waals surface area contributed by atoms with E-state index in [1.165, 1.54) is 19.3 Å². The number of fused-ring (bicyclic) bond motifs is 2. The van der Waals surface area contributed by atoms with Crippen molar-refractivity contribution < 1.29 is 4.79 Å². The van der Waals surface area contributed by atoms with Crippen molar-refractivity contribution >= 4 is 24.0 Å². The number of halogens is 1. The highest BCUT2D eigenvalue weighted by Crippen LogP contribution is 2.42. The molecule has 4 N–H and O–H groups in total. The van der Waals surface area contributed by atoms with Crippen molar-refractivity contribution in [1.29, 1.82) is 0 Å². The number of nitrogens with zero attached hydrogens (tertiary/aromatic N) is 1. The molecule has 1 aromatic rings. The third-order valence-electron chi connectivity index (χ3n) is 4.55. The number of carbonyl (C=O) groups excluding carboxylic acids is 1. The molecule has 0 radical (unpaired) electrons. The van der Waals surface area contributed by atoms with Crippen LogP contribution in [-0.2, 0) is 4.79 Å². The van der Waals surface area contributed by atoms with Gasteiger partial charge in [0.05, 0.1) is 11.9 Å². The average Bonchev–Trinajstić information content (AvgIpc) is 2.81. The largest absolute Gasteiger partial charge is 0.327 e. The van der Waals surface area contributed by atoms with Gasteiger partial charge in [0, 0.05) is 18.2 Å². The Morgan fingerprint density at radius 3 is 2.63 bits per heavy atom. The van der Waals surface area contributed by atoms with Crippen LogP contribution in [0.5, 0.6) is 0 Å². The summed E-state index contributed by atoms with van der Waals surface area (Å²) in [6, 6.07) is 0.316. The number of nitrogens with one attached hydrogen (secondary N) is 2. The highest BCUT2D eigenvalue weighted by Gasteiger charge is 2.40. The van der Waals surface area contributed by atoms with Crippen LogP contribution in [0.25, 0.3) is 0 Å². The third kappa shape index (κ3) is 2.92. The van der Waals surface area contributed by atoms with E-state index in [4.69, 9.17) is 5.73 Å². The molecule has 6 heteroatoms. The number of H-pyrrole nitrogens is 1. The molecule has 0 aromatic carbocycles. The van der Waals surface area contributed by atoms with Gasteiger partial charge in [0.25, 0.3) is 0 Å². The van der Waals surface area contributed by atoms with Gasteiger partial charge in [0.15, 0.2) is 0 Å². The van der Waals surface area contributed by atoms with Gasteiger partial charge in [-0.15, -0.1) is 12.4 Å². The van der Waals surface area contributed by atoms with Gasteiger partial charge in [-0.3, -0.25) is 9.89 Å². The molecule has 2 aliphatic carbocycles. The van der Waals surface area contributed by atoms with E-state index in [-0.39, 0.29) is 24.2 Å². The summed E-state index contributed by atoms with van der Waals surface area (Å²) in [7, 11) is 0. The monoisotopic (exact) mass is 284 g/mol. The lowest BCUT2D eigenvalue weighted by molar-refractivity contribution is -0.122. The predicted molar refractivity (Wildman–Crippen MR) is 76.0 cm³/mol. The first-order valence-corrected chi connectivity index (χ1v) is 6.79. The van der Waals surface area contributed by atoms with Gasteiger partial charge in [-0.25, -0.2) is 0 Å². The van der Waals surface area contributed by atoms with E-state index in [1.54, 1.807) is 12.4 Å². The fourth-order valence-corrected chi connectivity index (χ4v) is 3.57. The molecular weight excluding hydrogens is 264 g/mol. The highest BCUT2D eigenvalue weighted by molar-refractivity contribution is 5.92. The minimum atomic E-state index is 0. The van der Waals surface area contributed by atoms with Crippen LogP contribution in [0.4, 0.5) is 5.69 Å². The number of hydrogen-bond acceptors (Lipinski definition) is 3. The summed E-state index contributed by atoms with van der Waals surface area (Å²) >= 11 is 0. The van der Waals surface area contributed by atoms with E-state index < -0.39 is 0 Å². The smallest absolute Gasteiger partial charge is 0.227 e. The van der Waals surface area contributed by atoms with Crippen LogP contribution in [0.2, 0.25) is 0 Å². The minimum Gasteiger partial charge on any atom is -0.327 e. The average molecular weight is 285 g/mol. The molecule has 2 aliphatic rings. The number of rotatable bonds is 2. The number of anilines is 1. The Labute approximate surface area is 119 Å². The van der Waals surface area contributed by atoms with Crippen LogP contribution in [0.1, 0.15) is 32.1 Å². The topological polar surface area (TPSA) is 83.8 Å². The first kappa shape index (κ1) is 14.3. The SMILES string of the molecule is Cl.NC1C2CCCC1CC(C(=O)Nc1cn[nH]c1)C2. The van der Waals surface area contributed by atoms with Crippen LogP contribution in [0.3, 0.4) is 0 Å². The number of nitrogens with two attached hydrogens (primary N) is 1. The third-order valence-corrected chi connectivity index (χ3v) is 4.55. The van der Waals surface area contributed by atoms with E-state index in [0.29, 0.717) is 17.9 Å². The second kappa shape index (κ2) is 5.92. The zero-order chi connectivity index (χ0) is 12.5. The molecule has 0 spiro atoms. The predicted octanol–water partition coefficient (Wildman–Crippen LogP) is 1.92. The first-order valence-electron chi connectivity index (χ1n) is 6.79. The van der Waals surface area contributed by atoms with Gasteiger partial charge < -0.3 is 11.1 Å². The maximum absolute atomic E-state index is 12.2. The number of hydrogen-bond donors (Lipinski definition) is 3. The molecular formula is C13H21ClN4O. The lowest BCUT2D eigenvalue weighted by atomic mass is 9.65. The van der Waals surface area contributed by atoms with E-state index in [2.05, 4.69) is 15.5 Å². The summed E-state index contributed by atoms with van der Waals surface area (Å²) in [6.07, 6.45) is 8.88. The molecule has 2 unspecified atom stereocenters. The van der Waals surface area contributed by atoms with Gasteiger partial charge in [-0.05, 0) is 37.5 Å². The van der Waals surface area contributed by atoms with Crippen molar-refractivity contribution in [2.24, 2.45) is 23.5 Å². The van der Waals surface area contributed by atoms with Crippen LogP contribution in [0, 0.1) is 17.8 Å². The summed E-state index contributed by atoms with van der Waals surface area (Å²) in [6.45, 7) is 0. The van der Waals surface area contributed by atoms with Crippen molar-refractivity contribution in [3.63, 3.8) is 0 Å². The molecule has 1 aromatic heterocycles. The van der Waals surface area contributed by atoms with Crippen molar-refractivity contribution in [3.05, 3.63) is 12.4 Å². The molecule has 0 saturated heterocycles. The Morgan fingerprint density at radius 1 is 1.37 bits per heavy atom. The zero-order valence-corrected chi connectivity index (χ0v) is 11.7. The molecule has 5 nitrogen and oxygen atoms in total. The Morgan fingerprint density at radius 2 is 2.05 bits per heavy atom. The Bertz CT molecular complexity index is 408. The number of aromatic nitrogens is 2. The van der Waals surface area contributed by atoms with Crippen LogP contribution in [0.15, 0.2) is 12.4 Å². The first-order chi connectivity index (χ1) is 8.74. The second-order valence-corrected chi connectivity index (χ2v) is 5.67. The molecule has 1 heterocycles. The van der Waals surface area contributed by atoms with Crippen LogP contribution < -0.4 is 11.1 Å². The Hall–Kier alpha value is -1.07. The van der Waals surface area contributed by atoms with Crippen LogP contribution >= 0.6 is 12.4 Å². The van der Waals surface area contributed by atoms with Crippen LogP contribution in [-0.4, -0.2) is 22.1 Å². The molecule has 3 rings (SSSR count). The molecule has 106 valence electrons. The Balaban J connectivity index is 0.00000133. The molecule has 2 bridgehead atoms. The summed E-state index contributed by atoms with van der Waals surface area (Å²) in [5, 5.41) is 9.45. The second-order valence-electron chi connectivity index (χ2n) is 5.67. The Kier molecular flexibility index (Phi) is 4.47. The summed E-state index contributed by atoms with van der Waals surface area (Å²) in [4.78, 5) is 12.2. The van der Waals surface area contributed by atoms with E-state index in [0.717, 1.165) is 18.5 Å². The molecule has 1 amide bonds. The summed E-state index contributed by atoms with van der Waals surface area (Å²) < 4.78 is 0. The van der Waals surface area contributed by atoms with E-state index in [9.17, 15) is 4.79 Å². The van der Waals surface area contributed by atoms with E-state index >= 15 is 0 Å². The molecule has 2 fully saturated rings. The van der Waals surface area contributed by atoms with Gasteiger partial charge in [-0.2, -0.15) is 5.10 Å². The van der Waals surface area contributed by atoms with Crippen molar-refractivity contribution in [3.8, 4) is 0 Å². The molecule has 2 saturated carbocycles. The fourth-order valence-electron chi connectivity index (χ4n) is 3.57. The molecule has 0 aliphatic heterocycles. The number of carbonyl (C=O) groups is 1. The normalized spacial score (nSPS) is 33.3. The zero-order valence-electron chi connectivity index (χ0n) is 10.8. The standard InChI is InChI=1S/C13H20N4O.ClH/c14-12-8-2-1-3-9(12)5-10(4-8)13(18)17-11-6-15-16-7-11;/h6-10,12H,1-5,14H2,(H,15,16)(H,17,18);1H. The van der Waals surface area contributed by atoms with Gasteiger partial charge in [0.2, 0.25) is 5.91 Å². The molecule has 19 heavy (non-hydrogen) atoms. The fraction of sp³-hybridized carbons (Fsp3) is 0.692. The van der Waals surface area contributed by atoms with Crippen molar-refractivity contribution in [2.75, 3.05) is 5.32 Å². The molecule has 2 atom stereocenters. The van der Waals surface area contributed by atoms with E-state index in [1.807, 2.05) is 0 Å². The summed E-state index contributed by atoms with van der Waals surface area (Å²) in [5.41, 5.74) is 6.99. The number of aromatic amines is 1. The van der Waals surface area contributed by atoms with Crippen molar-refractivity contribution in [1.82, 2.24) is 10.2 Å².